The minimum absolute atomic E-state index is 0.248. The molecule has 2 rings (SSSR count). The highest BCUT2D eigenvalue weighted by Gasteiger charge is 2.28. The molecule has 1 aliphatic heterocycles. The van der Waals surface area contributed by atoms with E-state index in [2.05, 4.69) is 24.2 Å². The Kier molecular flexibility index (Phi) is 4.62. The van der Waals surface area contributed by atoms with E-state index >= 15 is 0 Å². The predicted octanol–water partition coefficient (Wildman–Crippen LogP) is 0.927. The molecule has 2 aliphatic rings. The lowest BCUT2D eigenvalue weighted by Gasteiger charge is -2.39. The van der Waals surface area contributed by atoms with Gasteiger partial charge in [0.25, 0.3) is 0 Å². The van der Waals surface area contributed by atoms with Gasteiger partial charge in [0, 0.05) is 25.7 Å². The number of hydrogen-bond acceptors (Lipinski definition) is 3. The molecule has 0 bridgehead atoms. The molecule has 1 saturated carbocycles. The van der Waals surface area contributed by atoms with Crippen molar-refractivity contribution in [3.05, 3.63) is 0 Å². The van der Waals surface area contributed by atoms with Crippen LogP contribution in [0, 0.1) is 5.92 Å². The monoisotopic (exact) mass is 253 g/mol. The fourth-order valence-corrected chi connectivity index (χ4v) is 2.65. The van der Waals surface area contributed by atoms with E-state index < -0.39 is 0 Å². The zero-order valence-corrected chi connectivity index (χ0v) is 12.0. The predicted molar refractivity (Wildman–Crippen MR) is 73.5 cm³/mol. The Balaban J connectivity index is 1.71. The van der Waals surface area contributed by atoms with Crippen molar-refractivity contribution in [2.24, 2.45) is 5.92 Å². The molecule has 18 heavy (non-hydrogen) atoms. The Hall–Kier alpha value is -0.610. The van der Waals surface area contributed by atoms with Crippen LogP contribution in [0.15, 0.2) is 0 Å². The lowest BCUT2D eigenvalue weighted by atomic mass is 9.98. The average molecular weight is 253 g/mol. The Labute approximate surface area is 111 Å². The largest absolute Gasteiger partial charge is 0.342 e. The van der Waals surface area contributed by atoms with Crippen molar-refractivity contribution in [3.63, 3.8) is 0 Å². The molecule has 0 aromatic heterocycles. The summed E-state index contributed by atoms with van der Waals surface area (Å²) in [5, 5.41) is 3.29. The molecule has 1 N–H and O–H groups in total. The summed E-state index contributed by atoms with van der Waals surface area (Å²) in [5.74, 6) is 1.09. The quantitative estimate of drug-likeness (QED) is 0.791. The summed E-state index contributed by atoms with van der Waals surface area (Å²) in [4.78, 5) is 16.4. The van der Waals surface area contributed by atoms with E-state index in [0.717, 1.165) is 31.8 Å². The second-order valence-electron chi connectivity index (χ2n) is 6.09. The van der Waals surface area contributed by atoms with E-state index in [1.165, 1.54) is 12.8 Å². The normalized spacial score (nSPS) is 29.3. The standard InChI is InChI=1S/C14H27N3O/c1-11-8-13(6-7-16(11)2)17(3)14(18)10-15-9-12-4-5-12/h11-13,15H,4-10H2,1-3H3. The maximum absolute atomic E-state index is 12.1. The van der Waals surface area contributed by atoms with Gasteiger partial charge in [-0.25, -0.2) is 0 Å². The Morgan fingerprint density at radius 1 is 1.39 bits per heavy atom. The number of nitrogens with zero attached hydrogens (tertiary/aromatic N) is 2. The first-order valence-electron chi connectivity index (χ1n) is 7.24. The number of carbonyl (C=O) groups is 1. The van der Waals surface area contributed by atoms with Gasteiger partial charge in [0.05, 0.1) is 6.54 Å². The van der Waals surface area contributed by atoms with E-state index in [-0.39, 0.29) is 5.91 Å². The molecule has 104 valence electrons. The number of piperidine rings is 1. The van der Waals surface area contributed by atoms with Crippen molar-refractivity contribution in [3.8, 4) is 0 Å². The molecule has 0 spiro atoms. The summed E-state index contributed by atoms with van der Waals surface area (Å²) in [7, 11) is 4.13. The molecule has 4 nitrogen and oxygen atoms in total. The number of amides is 1. The third kappa shape index (κ3) is 3.69. The highest BCUT2D eigenvalue weighted by molar-refractivity contribution is 5.78. The van der Waals surface area contributed by atoms with Crippen LogP contribution in [0.25, 0.3) is 0 Å². The first-order chi connectivity index (χ1) is 8.58. The van der Waals surface area contributed by atoms with E-state index in [0.29, 0.717) is 18.6 Å². The molecule has 2 unspecified atom stereocenters. The van der Waals surface area contributed by atoms with Gasteiger partial charge in [-0.2, -0.15) is 0 Å². The molecule has 1 aliphatic carbocycles. The molecule has 0 aromatic carbocycles. The van der Waals surface area contributed by atoms with Crippen molar-refractivity contribution in [1.82, 2.24) is 15.1 Å². The minimum Gasteiger partial charge on any atom is -0.342 e. The molecule has 1 saturated heterocycles. The zero-order valence-electron chi connectivity index (χ0n) is 12.0. The first-order valence-corrected chi connectivity index (χ1v) is 7.24. The van der Waals surface area contributed by atoms with E-state index in [1.807, 2.05) is 11.9 Å². The highest BCUT2D eigenvalue weighted by Crippen LogP contribution is 2.27. The van der Waals surface area contributed by atoms with Crippen LogP contribution in [0.5, 0.6) is 0 Å². The first kappa shape index (κ1) is 13.8. The number of hydrogen-bond donors (Lipinski definition) is 1. The maximum Gasteiger partial charge on any atom is 0.236 e. The van der Waals surface area contributed by atoms with E-state index in [4.69, 9.17) is 0 Å². The third-order valence-electron chi connectivity index (χ3n) is 4.53. The van der Waals surface area contributed by atoms with Gasteiger partial charge in [-0.05, 0) is 52.1 Å². The molecular weight excluding hydrogens is 226 g/mol. The topological polar surface area (TPSA) is 35.6 Å². The van der Waals surface area contributed by atoms with Gasteiger partial charge in [0.1, 0.15) is 0 Å². The van der Waals surface area contributed by atoms with Gasteiger partial charge in [-0.3, -0.25) is 4.79 Å². The molecule has 2 fully saturated rings. The Morgan fingerprint density at radius 3 is 2.72 bits per heavy atom. The van der Waals surface area contributed by atoms with Crippen molar-refractivity contribution in [1.29, 1.82) is 0 Å². The number of likely N-dealkylation sites (N-methyl/N-ethyl adjacent to an activating group) is 1. The van der Waals surface area contributed by atoms with Crippen molar-refractivity contribution < 1.29 is 4.79 Å². The van der Waals surface area contributed by atoms with Crippen LogP contribution in [-0.4, -0.2) is 61.5 Å². The zero-order chi connectivity index (χ0) is 13.1. The van der Waals surface area contributed by atoms with Crippen LogP contribution < -0.4 is 5.32 Å². The van der Waals surface area contributed by atoms with E-state index in [1.54, 1.807) is 0 Å². The average Bonchev–Trinajstić information content (AvgIpc) is 3.15. The van der Waals surface area contributed by atoms with Gasteiger partial charge in [0.15, 0.2) is 0 Å². The summed E-state index contributed by atoms with van der Waals surface area (Å²) in [6, 6.07) is 1.00. The van der Waals surface area contributed by atoms with Gasteiger partial charge in [-0.15, -0.1) is 0 Å². The van der Waals surface area contributed by atoms with Crippen molar-refractivity contribution in [2.75, 3.05) is 33.7 Å². The highest BCUT2D eigenvalue weighted by atomic mass is 16.2. The molecular formula is C14H27N3O. The maximum atomic E-state index is 12.1. The lowest BCUT2D eigenvalue weighted by molar-refractivity contribution is -0.132. The lowest BCUT2D eigenvalue weighted by Crippen LogP contribution is -2.49. The van der Waals surface area contributed by atoms with Crippen molar-refractivity contribution in [2.45, 2.75) is 44.7 Å². The summed E-state index contributed by atoms with van der Waals surface area (Å²) in [5.41, 5.74) is 0. The van der Waals surface area contributed by atoms with Gasteiger partial charge in [0.2, 0.25) is 5.91 Å². The van der Waals surface area contributed by atoms with Crippen molar-refractivity contribution >= 4 is 5.91 Å². The van der Waals surface area contributed by atoms with Gasteiger partial charge >= 0.3 is 0 Å². The van der Waals surface area contributed by atoms with Crippen LogP contribution in [0.4, 0.5) is 0 Å². The summed E-state index contributed by atoms with van der Waals surface area (Å²) >= 11 is 0. The fraction of sp³-hybridized carbons (Fsp3) is 0.929. The number of nitrogens with one attached hydrogen (secondary N) is 1. The van der Waals surface area contributed by atoms with Gasteiger partial charge < -0.3 is 15.1 Å². The van der Waals surface area contributed by atoms with Gasteiger partial charge in [-0.1, -0.05) is 0 Å². The fourth-order valence-electron chi connectivity index (χ4n) is 2.65. The van der Waals surface area contributed by atoms with Crippen LogP contribution in [0.1, 0.15) is 32.6 Å². The third-order valence-corrected chi connectivity index (χ3v) is 4.53. The van der Waals surface area contributed by atoms with E-state index in [9.17, 15) is 4.79 Å². The molecule has 0 radical (unpaired) electrons. The Bertz CT molecular complexity index is 291. The number of carbonyl (C=O) groups excluding carboxylic acids is 1. The summed E-state index contributed by atoms with van der Waals surface area (Å²) in [6.07, 6.45) is 4.88. The summed E-state index contributed by atoms with van der Waals surface area (Å²) < 4.78 is 0. The summed E-state index contributed by atoms with van der Waals surface area (Å²) in [6.45, 7) is 4.87. The molecule has 4 heteroatoms. The van der Waals surface area contributed by atoms with Crippen LogP contribution in [0.3, 0.4) is 0 Å². The molecule has 1 amide bonds. The number of rotatable bonds is 5. The minimum atomic E-state index is 0.248. The van der Waals surface area contributed by atoms with Crippen LogP contribution in [-0.2, 0) is 4.79 Å². The molecule has 1 heterocycles. The number of likely N-dealkylation sites (tertiary alicyclic amines) is 1. The second kappa shape index (κ2) is 6.02. The molecule has 2 atom stereocenters. The smallest absolute Gasteiger partial charge is 0.236 e. The SMILES string of the molecule is CC1CC(N(C)C(=O)CNCC2CC2)CCN1C. The van der Waals surface area contributed by atoms with Crippen LogP contribution in [0.2, 0.25) is 0 Å². The Morgan fingerprint density at radius 2 is 2.11 bits per heavy atom. The van der Waals surface area contributed by atoms with Crippen LogP contribution >= 0.6 is 0 Å². The molecule has 0 aromatic rings. The second-order valence-corrected chi connectivity index (χ2v) is 6.09.